The van der Waals surface area contributed by atoms with Gasteiger partial charge in [-0.15, -0.1) is 0 Å². The molecule has 7 heteroatoms. The SMILES string of the molecule is COc1cccc(C=CC(=O)c2c(OC)cc(CO)c(C3=CCN(C)CC3)c2O)c1OC. The topological polar surface area (TPSA) is 88.5 Å². The third kappa shape index (κ3) is 4.64. The van der Waals surface area contributed by atoms with Crippen molar-refractivity contribution in [3.63, 3.8) is 0 Å². The van der Waals surface area contributed by atoms with Crippen molar-refractivity contribution in [3.8, 4) is 23.0 Å². The van der Waals surface area contributed by atoms with E-state index in [1.807, 2.05) is 13.1 Å². The minimum absolute atomic E-state index is 0.0534. The number of rotatable bonds is 8. The van der Waals surface area contributed by atoms with E-state index in [0.717, 1.165) is 18.7 Å². The molecule has 2 aromatic rings. The lowest BCUT2D eigenvalue weighted by Crippen LogP contribution is -2.24. The molecular formula is C25H29NO6. The highest BCUT2D eigenvalue weighted by molar-refractivity contribution is 6.11. The molecule has 0 fully saturated rings. The predicted molar refractivity (Wildman–Crippen MR) is 124 cm³/mol. The van der Waals surface area contributed by atoms with Crippen LogP contribution in [0.15, 0.2) is 36.4 Å². The quantitative estimate of drug-likeness (QED) is 0.481. The number of benzene rings is 2. The van der Waals surface area contributed by atoms with Gasteiger partial charge >= 0.3 is 0 Å². The number of para-hydroxylation sites is 1. The lowest BCUT2D eigenvalue weighted by atomic mass is 9.90. The van der Waals surface area contributed by atoms with Crippen LogP contribution in [0.3, 0.4) is 0 Å². The second kappa shape index (κ2) is 10.3. The molecule has 0 radical (unpaired) electrons. The molecule has 0 spiro atoms. The first-order valence-electron chi connectivity index (χ1n) is 10.3. The van der Waals surface area contributed by atoms with Gasteiger partial charge in [-0.25, -0.2) is 0 Å². The summed E-state index contributed by atoms with van der Waals surface area (Å²) in [6.07, 6.45) is 5.68. The first-order valence-corrected chi connectivity index (χ1v) is 10.3. The largest absolute Gasteiger partial charge is 0.506 e. The minimum atomic E-state index is -0.427. The molecular weight excluding hydrogens is 410 g/mol. The van der Waals surface area contributed by atoms with Gasteiger partial charge in [0.1, 0.15) is 17.1 Å². The Labute approximate surface area is 188 Å². The van der Waals surface area contributed by atoms with E-state index in [4.69, 9.17) is 14.2 Å². The molecule has 0 saturated heterocycles. The van der Waals surface area contributed by atoms with Crippen molar-refractivity contribution in [1.29, 1.82) is 0 Å². The average molecular weight is 440 g/mol. The molecule has 0 aliphatic carbocycles. The Balaban J connectivity index is 2.06. The molecule has 7 nitrogen and oxygen atoms in total. The molecule has 0 saturated carbocycles. The fourth-order valence-corrected chi connectivity index (χ4v) is 3.87. The van der Waals surface area contributed by atoms with Crippen LogP contribution in [0.1, 0.15) is 33.5 Å². The predicted octanol–water partition coefficient (Wildman–Crippen LogP) is 3.53. The summed E-state index contributed by atoms with van der Waals surface area (Å²) in [5, 5.41) is 21.0. The number of ketones is 1. The summed E-state index contributed by atoms with van der Waals surface area (Å²) in [4.78, 5) is 15.3. The number of aliphatic hydroxyl groups is 1. The zero-order valence-corrected chi connectivity index (χ0v) is 18.8. The molecule has 0 aromatic heterocycles. The second-order valence-electron chi connectivity index (χ2n) is 7.52. The molecule has 1 heterocycles. The molecule has 0 atom stereocenters. The zero-order chi connectivity index (χ0) is 23.3. The van der Waals surface area contributed by atoms with E-state index >= 15 is 0 Å². The van der Waals surface area contributed by atoms with Gasteiger partial charge in [-0.05, 0) is 48.9 Å². The van der Waals surface area contributed by atoms with Crippen molar-refractivity contribution in [2.24, 2.45) is 0 Å². The van der Waals surface area contributed by atoms with Crippen molar-refractivity contribution in [2.45, 2.75) is 13.0 Å². The van der Waals surface area contributed by atoms with E-state index in [1.165, 1.54) is 20.3 Å². The standard InChI is InChI=1S/C25H29NO6/c1-26-12-10-16(11-13-26)22-18(15-27)14-21(31-3)23(24(22)29)19(28)9-8-17-6-5-7-20(30-2)25(17)32-4/h5-10,14,27,29H,11-13,15H2,1-4H3. The van der Waals surface area contributed by atoms with Crippen molar-refractivity contribution in [3.05, 3.63) is 58.7 Å². The van der Waals surface area contributed by atoms with Crippen LogP contribution in [0, 0.1) is 0 Å². The summed E-state index contributed by atoms with van der Waals surface area (Å²) >= 11 is 0. The van der Waals surface area contributed by atoms with E-state index in [-0.39, 0.29) is 23.7 Å². The summed E-state index contributed by atoms with van der Waals surface area (Å²) in [5.41, 5.74) is 2.63. The highest BCUT2D eigenvalue weighted by atomic mass is 16.5. The molecule has 1 aliphatic rings. The Kier molecular flexibility index (Phi) is 7.56. The number of phenolic OH excluding ortho intramolecular Hbond substituents is 1. The van der Waals surface area contributed by atoms with Gasteiger partial charge in [-0.1, -0.05) is 18.2 Å². The van der Waals surface area contributed by atoms with Gasteiger partial charge in [0.15, 0.2) is 17.3 Å². The first kappa shape index (κ1) is 23.4. The monoisotopic (exact) mass is 439 g/mol. The average Bonchev–Trinajstić information content (AvgIpc) is 2.82. The second-order valence-corrected chi connectivity index (χ2v) is 7.52. The van der Waals surface area contributed by atoms with Crippen LogP contribution in [-0.2, 0) is 6.61 Å². The van der Waals surface area contributed by atoms with Crippen molar-refractivity contribution in [1.82, 2.24) is 4.90 Å². The number of hydrogen-bond acceptors (Lipinski definition) is 7. The smallest absolute Gasteiger partial charge is 0.193 e. The number of allylic oxidation sites excluding steroid dienone is 1. The van der Waals surface area contributed by atoms with Crippen LogP contribution >= 0.6 is 0 Å². The van der Waals surface area contributed by atoms with Crippen LogP contribution < -0.4 is 14.2 Å². The lowest BCUT2D eigenvalue weighted by Gasteiger charge is -2.25. The maximum Gasteiger partial charge on any atom is 0.193 e. The van der Waals surface area contributed by atoms with Gasteiger partial charge in [0.25, 0.3) is 0 Å². The summed E-state index contributed by atoms with van der Waals surface area (Å²) in [6, 6.07) is 6.97. The fourth-order valence-electron chi connectivity index (χ4n) is 3.87. The van der Waals surface area contributed by atoms with Crippen molar-refractivity contribution in [2.75, 3.05) is 41.5 Å². The van der Waals surface area contributed by atoms with Crippen molar-refractivity contribution >= 4 is 17.4 Å². The van der Waals surface area contributed by atoms with Crippen molar-refractivity contribution < 1.29 is 29.2 Å². The van der Waals surface area contributed by atoms with Gasteiger partial charge in [0.2, 0.25) is 0 Å². The Hall–Kier alpha value is -3.29. The normalized spacial score (nSPS) is 14.3. The molecule has 170 valence electrons. The van der Waals surface area contributed by atoms with Crippen LogP contribution in [0.5, 0.6) is 23.0 Å². The number of aromatic hydroxyl groups is 1. The number of likely N-dealkylation sites (N-methyl/N-ethyl adjacent to an activating group) is 1. The maximum atomic E-state index is 13.2. The third-order valence-electron chi connectivity index (χ3n) is 5.56. The van der Waals surface area contributed by atoms with Crippen LogP contribution in [0.25, 0.3) is 11.6 Å². The van der Waals surface area contributed by atoms with Crippen LogP contribution in [0.4, 0.5) is 0 Å². The highest BCUT2D eigenvalue weighted by Crippen LogP contribution is 2.41. The summed E-state index contributed by atoms with van der Waals surface area (Å²) < 4.78 is 16.1. The fraction of sp³-hybridized carbons (Fsp3) is 0.320. The molecule has 2 N–H and O–H groups in total. The molecule has 32 heavy (non-hydrogen) atoms. The lowest BCUT2D eigenvalue weighted by molar-refractivity contribution is 0.104. The number of carbonyl (C=O) groups excluding carboxylic acids is 1. The number of methoxy groups -OCH3 is 3. The van der Waals surface area contributed by atoms with E-state index in [2.05, 4.69) is 4.90 Å². The van der Waals surface area contributed by atoms with Gasteiger partial charge < -0.3 is 29.3 Å². The third-order valence-corrected chi connectivity index (χ3v) is 5.56. The number of carbonyl (C=O) groups is 1. The highest BCUT2D eigenvalue weighted by Gasteiger charge is 2.25. The minimum Gasteiger partial charge on any atom is -0.506 e. The Morgan fingerprint density at radius 2 is 1.91 bits per heavy atom. The molecule has 2 aromatic carbocycles. The number of phenols is 1. The Bertz CT molecular complexity index is 1060. The van der Waals surface area contributed by atoms with Gasteiger partial charge in [0, 0.05) is 24.2 Å². The zero-order valence-electron chi connectivity index (χ0n) is 18.8. The molecule has 0 bridgehead atoms. The summed E-state index contributed by atoms with van der Waals surface area (Å²) in [6.45, 7) is 1.27. The van der Waals surface area contributed by atoms with E-state index in [9.17, 15) is 15.0 Å². The number of nitrogens with zero attached hydrogens (tertiary/aromatic N) is 1. The Morgan fingerprint density at radius 1 is 1.16 bits per heavy atom. The van der Waals surface area contributed by atoms with Crippen LogP contribution in [-0.4, -0.2) is 62.4 Å². The number of aliphatic hydroxyl groups excluding tert-OH is 1. The van der Waals surface area contributed by atoms with E-state index in [0.29, 0.717) is 34.6 Å². The van der Waals surface area contributed by atoms with E-state index < -0.39 is 5.78 Å². The summed E-state index contributed by atoms with van der Waals surface area (Å²) in [7, 11) is 6.51. The Morgan fingerprint density at radius 3 is 2.50 bits per heavy atom. The first-order chi connectivity index (χ1) is 15.4. The van der Waals surface area contributed by atoms with Gasteiger partial charge in [-0.2, -0.15) is 0 Å². The van der Waals surface area contributed by atoms with Gasteiger partial charge in [-0.3, -0.25) is 4.79 Å². The molecule has 1 aliphatic heterocycles. The van der Waals surface area contributed by atoms with Crippen LogP contribution in [0.2, 0.25) is 0 Å². The van der Waals surface area contributed by atoms with E-state index in [1.54, 1.807) is 37.5 Å². The number of hydrogen-bond donors (Lipinski definition) is 2. The number of ether oxygens (including phenoxy) is 3. The maximum absolute atomic E-state index is 13.2. The van der Waals surface area contributed by atoms with Gasteiger partial charge in [0.05, 0.1) is 27.9 Å². The molecule has 0 unspecified atom stereocenters. The molecule has 3 rings (SSSR count). The summed E-state index contributed by atoms with van der Waals surface area (Å²) in [5.74, 6) is 0.644. The molecule has 0 amide bonds.